The topological polar surface area (TPSA) is 96.9 Å². The van der Waals surface area contributed by atoms with Crippen molar-refractivity contribution in [1.82, 2.24) is 19.8 Å². The third-order valence-corrected chi connectivity index (χ3v) is 6.80. The van der Waals surface area contributed by atoms with E-state index in [1.54, 1.807) is 17.0 Å². The maximum Gasteiger partial charge on any atom is 0.352 e. The second kappa shape index (κ2) is 10.4. The minimum absolute atomic E-state index is 0.165. The number of thiophene rings is 1. The summed E-state index contributed by atoms with van der Waals surface area (Å²) in [5.41, 5.74) is 1.34. The van der Waals surface area contributed by atoms with Gasteiger partial charge in [0.05, 0.1) is 17.4 Å². The molecule has 1 unspecified atom stereocenters. The van der Waals surface area contributed by atoms with E-state index in [4.69, 9.17) is 4.74 Å². The van der Waals surface area contributed by atoms with Crippen molar-refractivity contribution in [1.29, 1.82) is 0 Å². The molecule has 9 nitrogen and oxygen atoms in total. The van der Waals surface area contributed by atoms with Crippen molar-refractivity contribution in [3.8, 4) is 5.88 Å². The summed E-state index contributed by atoms with van der Waals surface area (Å²) in [7, 11) is 6.05. The Labute approximate surface area is 184 Å². The molecular formula is C19H28N6O3S2. The Morgan fingerprint density at radius 3 is 2.73 bits per heavy atom. The highest BCUT2D eigenvalue weighted by Gasteiger charge is 2.27. The van der Waals surface area contributed by atoms with Gasteiger partial charge in [-0.3, -0.25) is 4.79 Å². The molecule has 1 N–H and O–H groups in total. The van der Waals surface area contributed by atoms with E-state index in [0.29, 0.717) is 23.1 Å². The van der Waals surface area contributed by atoms with Crippen LogP contribution in [0, 0.1) is 0 Å². The van der Waals surface area contributed by atoms with E-state index in [1.165, 1.54) is 18.3 Å². The minimum atomic E-state index is -1.63. The molecule has 0 aromatic carbocycles. The number of piperazine rings is 1. The normalized spacial score (nSPS) is 16.0. The number of hydrogen-bond donors (Lipinski definition) is 1. The lowest BCUT2D eigenvalue weighted by molar-refractivity contribution is -0.114. The van der Waals surface area contributed by atoms with E-state index >= 15 is 0 Å². The van der Waals surface area contributed by atoms with Crippen LogP contribution in [0.15, 0.2) is 27.0 Å². The lowest BCUT2D eigenvalue weighted by atomic mass is 10.3. The fourth-order valence-corrected chi connectivity index (χ4v) is 4.99. The third-order valence-electron chi connectivity index (χ3n) is 4.64. The zero-order chi connectivity index (χ0) is 21.7. The van der Waals surface area contributed by atoms with Gasteiger partial charge in [-0.1, -0.05) is 0 Å². The van der Waals surface area contributed by atoms with Crippen LogP contribution in [0.5, 0.6) is 5.88 Å². The second-order valence-electron chi connectivity index (χ2n) is 7.38. The van der Waals surface area contributed by atoms with Gasteiger partial charge in [0.1, 0.15) is 18.0 Å². The van der Waals surface area contributed by atoms with Crippen LogP contribution < -0.4 is 15.0 Å². The summed E-state index contributed by atoms with van der Waals surface area (Å²) in [6, 6.07) is 0. The molecule has 0 aliphatic carbocycles. The van der Waals surface area contributed by atoms with E-state index in [-0.39, 0.29) is 11.1 Å². The van der Waals surface area contributed by atoms with Crippen LogP contribution in [0.2, 0.25) is 0 Å². The maximum absolute atomic E-state index is 13.1. The highest BCUT2D eigenvalue weighted by molar-refractivity contribution is 7.91. The highest BCUT2D eigenvalue weighted by Crippen LogP contribution is 2.33. The first kappa shape index (κ1) is 22.8. The lowest BCUT2D eigenvalue weighted by Gasteiger charge is -2.34. The van der Waals surface area contributed by atoms with Crippen LogP contribution in [-0.2, 0) is 16.0 Å². The number of nitrogens with zero attached hydrogens (tertiary/aromatic N) is 5. The summed E-state index contributed by atoms with van der Waals surface area (Å²) in [5.74, 6) is 0.224. The Morgan fingerprint density at radius 2 is 2.07 bits per heavy atom. The van der Waals surface area contributed by atoms with Crippen molar-refractivity contribution >= 4 is 39.8 Å². The van der Waals surface area contributed by atoms with E-state index < -0.39 is 11.2 Å². The quantitative estimate of drug-likeness (QED) is 0.474. The molecule has 11 heteroatoms. The van der Waals surface area contributed by atoms with Gasteiger partial charge in [0.25, 0.3) is 0 Å². The number of nitrogens with one attached hydrogen (secondary N) is 1. The van der Waals surface area contributed by atoms with E-state index in [2.05, 4.69) is 32.1 Å². The van der Waals surface area contributed by atoms with Crippen molar-refractivity contribution in [3.05, 3.63) is 17.0 Å². The molecule has 0 radical (unpaired) electrons. The van der Waals surface area contributed by atoms with Gasteiger partial charge in [-0.05, 0) is 21.1 Å². The predicted octanol–water partition coefficient (Wildman–Crippen LogP) is 1.36. The maximum atomic E-state index is 13.1. The number of amides is 1. The SMILES string of the molecule is CC(=O)Nc1cscc1[S+]([O-])c1ncc(N2CCN(C)CC2)c(OCCN(C)C)n1. The molecule has 1 amide bonds. The van der Waals surface area contributed by atoms with Gasteiger partial charge in [0.2, 0.25) is 11.8 Å². The Morgan fingerprint density at radius 1 is 1.33 bits per heavy atom. The molecular weight excluding hydrogens is 424 g/mol. The predicted molar refractivity (Wildman–Crippen MR) is 119 cm³/mol. The lowest BCUT2D eigenvalue weighted by Crippen LogP contribution is -2.44. The van der Waals surface area contributed by atoms with Crippen molar-refractivity contribution in [2.45, 2.75) is 17.0 Å². The molecule has 0 saturated carbocycles. The van der Waals surface area contributed by atoms with Gasteiger partial charge in [-0.2, -0.15) is 4.98 Å². The van der Waals surface area contributed by atoms with Gasteiger partial charge >= 0.3 is 5.16 Å². The number of hydrogen-bond acceptors (Lipinski definition) is 9. The van der Waals surface area contributed by atoms with E-state index in [9.17, 15) is 9.35 Å². The van der Waals surface area contributed by atoms with Crippen LogP contribution in [0.25, 0.3) is 0 Å². The Bertz CT molecular complexity index is 855. The molecule has 1 aliphatic heterocycles. The fraction of sp³-hybridized carbons (Fsp3) is 0.526. The Hall–Kier alpha value is -1.92. The number of anilines is 2. The largest absolute Gasteiger partial charge is 0.604 e. The van der Waals surface area contributed by atoms with Gasteiger partial charge in [-0.25, -0.2) is 0 Å². The summed E-state index contributed by atoms with van der Waals surface area (Å²) >= 11 is -0.265. The van der Waals surface area contributed by atoms with Crippen LogP contribution in [0.1, 0.15) is 6.92 Å². The summed E-state index contributed by atoms with van der Waals surface area (Å²) in [6.45, 7) is 6.21. The van der Waals surface area contributed by atoms with Crippen LogP contribution in [0.4, 0.5) is 11.4 Å². The fourth-order valence-electron chi connectivity index (χ4n) is 2.94. The number of carbonyl (C=O) groups is 1. The van der Waals surface area contributed by atoms with Crippen LogP contribution in [-0.4, -0.2) is 90.7 Å². The van der Waals surface area contributed by atoms with E-state index in [1.807, 2.05) is 19.0 Å². The molecule has 3 heterocycles. The molecule has 2 aromatic heterocycles. The average Bonchev–Trinajstić information content (AvgIpc) is 3.15. The van der Waals surface area contributed by atoms with Crippen LogP contribution >= 0.6 is 11.3 Å². The van der Waals surface area contributed by atoms with Crippen molar-refractivity contribution in [2.24, 2.45) is 0 Å². The first-order valence-corrected chi connectivity index (χ1v) is 11.8. The van der Waals surface area contributed by atoms with E-state index in [0.717, 1.165) is 38.4 Å². The van der Waals surface area contributed by atoms with Gasteiger partial charge in [-0.15, -0.1) is 16.3 Å². The molecule has 1 fully saturated rings. The Balaban J connectivity index is 1.86. The second-order valence-corrected chi connectivity index (χ2v) is 9.47. The monoisotopic (exact) mass is 452 g/mol. The molecule has 164 valence electrons. The minimum Gasteiger partial charge on any atom is -0.604 e. The molecule has 0 spiro atoms. The number of rotatable bonds is 8. The zero-order valence-electron chi connectivity index (χ0n) is 17.8. The standard InChI is InChI=1S/C19H28N6O3S2/c1-14(26)21-15-12-29-13-17(15)30(27)19-20-11-16(25-7-5-24(4)6-8-25)18(22-19)28-10-9-23(2)3/h11-13H,5-10H2,1-4H3,(H,21,26). The molecule has 1 atom stereocenters. The van der Waals surface area contributed by atoms with Crippen molar-refractivity contribution in [3.63, 3.8) is 0 Å². The average molecular weight is 453 g/mol. The zero-order valence-corrected chi connectivity index (χ0v) is 19.4. The van der Waals surface area contributed by atoms with Gasteiger partial charge in [0.15, 0.2) is 4.90 Å². The molecule has 30 heavy (non-hydrogen) atoms. The van der Waals surface area contributed by atoms with Crippen molar-refractivity contribution < 1.29 is 14.1 Å². The highest BCUT2D eigenvalue weighted by atomic mass is 32.2. The Kier molecular flexibility index (Phi) is 7.89. The molecule has 2 aromatic rings. The molecule has 1 aliphatic rings. The first-order valence-electron chi connectivity index (χ1n) is 9.68. The summed E-state index contributed by atoms with van der Waals surface area (Å²) in [6.07, 6.45) is 1.70. The summed E-state index contributed by atoms with van der Waals surface area (Å²) in [4.78, 5) is 27.3. The number of ether oxygens (including phenoxy) is 1. The summed E-state index contributed by atoms with van der Waals surface area (Å²) < 4.78 is 19.1. The third kappa shape index (κ3) is 5.82. The molecule has 1 saturated heterocycles. The molecule has 3 rings (SSSR count). The number of carbonyl (C=O) groups excluding carboxylic acids is 1. The smallest absolute Gasteiger partial charge is 0.352 e. The van der Waals surface area contributed by atoms with Crippen molar-refractivity contribution in [2.75, 3.05) is 70.7 Å². The van der Waals surface area contributed by atoms with Gasteiger partial charge in [0, 0.05) is 50.4 Å². The first-order chi connectivity index (χ1) is 14.3. The summed E-state index contributed by atoms with van der Waals surface area (Å²) in [5, 5.41) is 6.36. The number of aromatic nitrogens is 2. The van der Waals surface area contributed by atoms with Gasteiger partial charge < -0.3 is 29.3 Å². The number of likely N-dealkylation sites (N-methyl/N-ethyl adjacent to an activating group) is 2. The molecule has 0 bridgehead atoms. The van der Waals surface area contributed by atoms with Crippen LogP contribution in [0.3, 0.4) is 0 Å².